The Morgan fingerprint density at radius 2 is 1.86 bits per heavy atom. The van der Waals surface area contributed by atoms with E-state index in [4.69, 9.17) is 5.11 Å². The first-order valence-corrected chi connectivity index (χ1v) is 7.23. The number of hydrogen-bond acceptors (Lipinski definition) is 3. The molecule has 0 radical (unpaired) electrons. The smallest absolute Gasteiger partial charge is 0.256 e. The van der Waals surface area contributed by atoms with Crippen molar-refractivity contribution in [2.24, 2.45) is 0 Å². The third-order valence-electron chi connectivity index (χ3n) is 3.79. The first kappa shape index (κ1) is 14.4. The van der Waals surface area contributed by atoms with Gasteiger partial charge in [0.2, 0.25) is 0 Å². The van der Waals surface area contributed by atoms with Crippen molar-refractivity contribution in [2.75, 3.05) is 30.4 Å². The number of rotatable bonds is 4. The summed E-state index contributed by atoms with van der Waals surface area (Å²) in [6, 6.07) is 15.6. The summed E-state index contributed by atoms with van der Waals surface area (Å²) in [4.78, 5) is 14.1. The minimum Gasteiger partial charge on any atom is -0.395 e. The second-order valence-corrected chi connectivity index (χ2v) is 5.29. The highest BCUT2D eigenvalue weighted by molar-refractivity contribution is 6.34. The number of benzene rings is 2. The van der Waals surface area contributed by atoms with Crippen molar-refractivity contribution in [1.82, 2.24) is 0 Å². The highest BCUT2D eigenvalue weighted by Gasteiger charge is 2.23. The Labute approximate surface area is 129 Å². The molecule has 0 atom stereocenters. The van der Waals surface area contributed by atoms with E-state index in [1.54, 1.807) is 0 Å². The first-order valence-electron chi connectivity index (χ1n) is 7.23. The van der Waals surface area contributed by atoms with Gasteiger partial charge in [0.15, 0.2) is 0 Å². The Kier molecular flexibility index (Phi) is 3.94. The highest BCUT2D eigenvalue weighted by Crippen LogP contribution is 2.32. The van der Waals surface area contributed by atoms with E-state index in [1.807, 2.05) is 66.6 Å². The molecule has 0 saturated heterocycles. The van der Waals surface area contributed by atoms with Crippen molar-refractivity contribution in [3.63, 3.8) is 0 Å². The van der Waals surface area contributed by atoms with E-state index in [0.29, 0.717) is 12.1 Å². The summed E-state index contributed by atoms with van der Waals surface area (Å²) in [6.45, 7) is 0.718. The molecule has 3 rings (SSSR count). The minimum atomic E-state index is -0.0670. The number of hydrogen-bond donors (Lipinski definition) is 2. The highest BCUT2D eigenvalue weighted by atomic mass is 16.3. The molecule has 4 nitrogen and oxygen atoms in total. The van der Waals surface area contributed by atoms with Crippen LogP contribution >= 0.6 is 0 Å². The Bertz CT molecular complexity index is 720. The van der Waals surface area contributed by atoms with Crippen molar-refractivity contribution in [2.45, 2.75) is 0 Å². The van der Waals surface area contributed by atoms with Crippen LogP contribution in [0, 0.1) is 0 Å². The topological polar surface area (TPSA) is 52.6 Å². The molecule has 0 aliphatic carbocycles. The third-order valence-corrected chi connectivity index (χ3v) is 3.79. The third kappa shape index (κ3) is 2.73. The number of anilines is 2. The number of nitrogens with zero attached hydrogens (tertiary/aromatic N) is 1. The van der Waals surface area contributed by atoms with Gasteiger partial charge in [-0.05, 0) is 29.8 Å². The molecule has 1 heterocycles. The summed E-state index contributed by atoms with van der Waals surface area (Å²) in [5.74, 6) is -0.0670. The molecule has 2 N–H and O–H groups in total. The van der Waals surface area contributed by atoms with E-state index in [9.17, 15) is 4.79 Å². The van der Waals surface area contributed by atoms with Crippen LogP contribution in [-0.4, -0.2) is 31.2 Å². The van der Waals surface area contributed by atoms with Crippen molar-refractivity contribution >= 4 is 28.9 Å². The molecule has 0 spiro atoms. The number of likely N-dealkylation sites (N-methyl/N-ethyl adjacent to an activating group) is 1. The van der Waals surface area contributed by atoms with Crippen LogP contribution in [0.1, 0.15) is 11.1 Å². The summed E-state index contributed by atoms with van der Waals surface area (Å²) in [7, 11) is 1.93. The lowest BCUT2D eigenvalue weighted by molar-refractivity contribution is -0.110. The molecule has 0 unspecified atom stereocenters. The predicted octanol–water partition coefficient (Wildman–Crippen LogP) is 2.61. The molecule has 22 heavy (non-hydrogen) atoms. The van der Waals surface area contributed by atoms with Gasteiger partial charge in [-0.25, -0.2) is 0 Å². The average Bonchev–Trinajstić information content (AvgIpc) is 2.84. The van der Waals surface area contributed by atoms with Gasteiger partial charge in [-0.3, -0.25) is 4.79 Å². The van der Waals surface area contributed by atoms with Crippen LogP contribution in [0.15, 0.2) is 48.5 Å². The fraction of sp³-hybridized carbons (Fsp3) is 0.167. The quantitative estimate of drug-likeness (QED) is 0.852. The molecule has 2 aromatic rings. The number of aliphatic hydroxyl groups excluding tert-OH is 1. The van der Waals surface area contributed by atoms with E-state index in [-0.39, 0.29) is 12.5 Å². The van der Waals surface area contributed by atoms with Crippen LogP contribution < -0.4 is 10.2 Å². The maximum Gasteiger partial charge on any atom is 0.256 e. The molecule has 1 aliphatic rings. The van der Waals surface area contributed by atoms with Gasteiger partial charge in [0.1, 0.15) is 0 Å². The summed E-state index contributed by atoms with van der Waals surface area (Å²) in [6.07, 6.45) is 1.90. The maximum absolute atomic E-state index is 12.1. The first-order chi connectivity index (χ1) is 10.7. The lowest BCUT2D eigenvalue weighted by Gasteiger charge is -2.17. The van der Waals surface area contributed by atoms with Crippen molar-refractivity contribution in [3.8, 4) is 0 Å². The summed E-state index contributed by atoms with van der Waals surface area (Å²) >= 11 is 0. The van der Waals surface area contributed by atoms with Gasteiger partial charge in [-0.2, -0.15) is 0 Å². The minimum absolute atomic E-state index is 0.0670. The Balaban J connectivity index is 1.88. The largest absolute Gasteiger partial charge is 0.395 e. The second-order valence-electron chi connectivity index (χ2n) is 5.29. The van der Waals surface area contributed by atoms with Crippen LogP contribution in [0.5, 0.6) is 0 Å². The SMILES string of the molecule is CN(CCO)c1ccc(C=C2C(=O)Nc3ccccc32)cc1. The lowest BCUT2D eigenvalue weighted by Crippen LogP contribution is -2.20. The molecule has 1 aliphatic heterocycles. The van der Waals surface area contributed by atoms with E-state index < -0.39 is 0 Å². The Morgan fingerprint density at radius 1 is 1.14 bits per heavy atom. The van der Waals surface area contributed by atoms with Gasteiger partial charge in [-0.1, -0.05) is 30.3 Å². The number of carbonyl (C=O) groups excluding carboxylic acids is 1. The molecule has 1 amide bonds. The zero-order valence-electron chi connectivity index (χ0n) is 12.4. The molecule has 0 bridgehead atoms. The lowest BCUT2D eigenvalue weighted by atomic mass is 10.0. The number of nitrogens with one attached hydrogen (secondary N) is 1. The summed E-state index contributed by atoms with van der Waals surface area (Å²) in [5, 5.41) is 11.8. The van der Waals surface area contributed by atoms with Gasteiger partial charge in [0.25, 0.3) is 5.91 Å². The summed E-state index contributed by atoms with van der Waals surface area (Å²) < 4.78 is 0. The van der Waals surface area contributed by atoms with Crippen LogP contribution in [0.2, 0.25) is 0 Å². The van der Waals surface area contributed by atoms with Crippen LogP contribution in [-0.2, 0) is 4.79 Å². The van der Waals surface area contributed by atoms with E-state index in [0.717, 1.165) is 22.5 Å². The van der Waals surface area contributed by atoms with Gasteiger partial charge in [0, 0.05) is 36.1 Å². The van der Waals surface area contributed by atoms with Crippen LogP contribution in [0.4, 0.5) is 11.4 Å². The van der Waals surface area contributed by atoms with Gasteiger partial charge in [-0.15, -0.1) is 0 Å². The number of fused-ring (bicyclic) bond motifs is 1. The monoisotopic (exact) mass is 294 g/mol. The fourth-order valence-electron chi connectivity index (χ4n) is 2.55. The Hall–Kier alpha value is -2.59. The van der Waals surface area contributed by atoms with Crippen molar-refractivity contribution < 1.29 is 9.90 Å². The molecule has 4 heteroatoms. The second kappa shape index (κ2) is 6.03. The number of para-hydroxylation sites is 1. The van der Waals surface area contributed by atoms with E-state index >= 15 is 0 Å². The number of carbonyl (C=O) groups is 1. The van der Waals surface area contributed by atoms with Crippen LogP contribution in [0.25, 0.3) is 11.6 Å². The molecule has 112 valence electrons. The number of amides is 1. The molecule has 0 aromatic heterocycles. The molecular formula is C18H18N2O2. The van der Waals surface area contributed by atoms with Gasteiger partial charge < -0.3 is 15.3 Å². The fourth-order valence-corrected chi connectivity index (χ4v) is 2.55. The van der Waals surface area contributed by atoms with Gasteiger partial charge in [0.05, 0.1) is 6.61 Å². The average molecular weight is 294 g/mol. The Morgan fingerprint density at radius 3 is 2.59 bits per heavy atom. The van der Waals surface area contributed by atoms with Crippen molar-refractivity contribution in [3.05, 3.63) is 59.7 Å². The van der Waals surface area contributed by atoms with Crippen molar-refractivity contribution in [1.29, 1.82) is 0 Å². The molecule has 0 fully saturated rings. The predicted molar refractivity (Wildman–Crippen MR) is 89.7 cm³/mol. The molecule has 2 aromatic carbocycles. The standard InChI is InChI=1S/C18H18N2O2/c1-20(10-11-21)14-8-6-13(7-9-14)12-16-15-4-2-3-5-17(15)19-18(16)22/h2-9,12,21H,10-11H2,1H3,(H,19,22). The molecule has 0 saturated carbocycles. The zero-order chi connectivity index (χ0) is 15.5. The van der Waals surface area contributed by atoms with Crippen LogP contribution in [0.3, 0.4) is 0 Å². The summed E-state index contributed by atoms with van der Waals surface area (Å²) in [5.41, 5.74) is 4.49. The van der Waals surface area contributed by atoms with E-state index in [1.165, 1.54) is 0 Å². The van der Waals surface area contributed by atoms with E-state index in [2.05, 4.69) is 5.32 Å². The molecular weight excluding hydrogens is 276 g/mol. The van der Waals surface area contributed by atoms with Gasteiger partial charge >= 0.3 is 0 Å². The number of aliphatic hydroxyl groups is 1. The maximum atomic E-state index is 12.1. The normalized spacial score (nSPS) is 14.8. The zero-order valence-corrected chi connectivity index (χ0v) is 12.4.